The summed E-state index contributed by atoms with van der Waals surface area (Å²) >= 11 is 0. The van der Waals surface area contributed by atoms with Crippen molar-refractivity contribution in [2.24, 2.45) is 0 Å². The lowest BCUT2D eigenvalue weighted by molar-refractivity contribution is 0.611. The van der Waals surface area contributed by atoms with Gasteiger partial charge in [-0.25, -0.2) is 0 Å². The highest BCUT2D eigenvalue weighted by Crippen LogP contribution is 2.29. The van der Waals surface area contributed by atoms with Crippen LogP contribution in [0.2, 0.25) is 0 Å². The van der Waals surface area contributed by atoms with Crippen LogP contribution in [0.15, 0.2) is 78.9 Å². The summed E-state index contributed by atoms with van der Waals surface area (Å²) in [6, 6.07) is 26.8. The van der Waals surface area contributed by atoms with Crippen LogP contribution in [0.5, 0.6) is 0 Å². The highest BCUT2D eigenvalue weighted by molar-refractivity contribution is 5.45. The Labute approximate surface area is 149 Å². The minimum absolute atomic E-state index is 0.324. The standard InChI is InChI=1S/C22H25N3/c23-20-10-6-18(7-11-20)22(19-8-12-21(24)13-9-19)14-15-25-16-17-4-2-1-3-5-17/h1-13,22,25H,14-16,23-24H2. The molecule has 0 aliphatic carbocycles. The molecule has 0 heterocycles. The quantitative estimate of drug-likeness (QED) is 0.450. The summed E-state index contributed by atoms with van der Waals surface area (Å²) in [5, 5.41) is 3.55. The lowest BCUT2D eigenvalue weighted by atomic mass is 9.88. The lowest BCUT2D eigenvalue weighted by Gasteiger charge is -2.19. The highest BCUT2D eigenvalue weighted by Gasteiger charge is 2.14. The van der Waals surface area contributed by atoms with E-state index in [0.717, 1.165) is 30.9 Å². The average Bonchev–Trinajstić information content (AvgIpc) is 2.65. The minimum Gasteiger partial charge on any atom is -0.399 e. The normalized spacial score (nSPS) is 10.9. The number of benzene rings is 3. The number of rotatable bonds is 7. The van der Waals surface area contributed by atoms with Crippen molar-refractivity contribution in [1.29, 1.82) is 0 Å². The predicted octanol–water partition coefficient (Wildman–Crippen LogP) is 4.16. The van der Waals surface area contributed by atoms with Crippen molar-refractivity contribution in [1.82, 2.24) is 5.32 Å². The third-order valence-corrected chi connectivity index (χ3v) is 4.46. The summed E-state index contributed by atoms with van der Waals surface area (Å²) < 4.78 is 0. The Morgan fingerprint density at radius 3 is 1.72 bits per heavy atom. The molecule has 3 nitrogen and oxygen atoms in total. The molecule has 0 aliphatic rings. The van der Waals surface area contributed by atoms with Crippen LogP contribution in [0, 0.1) is 0 Å². The molecular weight excluding hydrogens is 306 g/mol. The van der Waals surface area contributed by atoms with Gasteiger partial charge in [0.05, 0.1) is 0 Å². The van der Waals surface area contributed by atoms with E-state index in [1.807, 2.05) is 30.3 Å². The van der Waals surface area contributed by atoms with Crippen LogP contribution in [0.25, 0.3) is 0 Å². The van der Waals surface area contributed by atoms with Crippen molar-refractivity contribution in [2.45, 2.75) is 18.9 Å². The topological polar surface area (TPSA) is 64.1 Å². The average molecular weight is 331 g/mol. The monoisotopic (exact) mass is 331 g/mol. The first-order valence-corrected chi connectivity index (χ1v) is 8.68. The summed E-state index contributed by atoms with van der Waals surface area (Å²) in [6.45, 7) is 1.82. The molecule has 0 spiro atoms. The molecule has 3 aromatic rings. The van der Waals surface area contributed by atoms with Crippen molar-refractivity contribution < 1.29 is 0 Å². The molecule has 3 rings (SSSR count). The van der Waals surface area contributed by atoms with Gasteiger partial charge < -0.3 is 16.8 Å². The van der Waals surface area contributed by atoms with Gasteiger partial charge >= 0.3 is 0 Å². The fourth-order valence-electron chi connectivity index (χ4n) is 3.06. The van der Waals surface area contributed by atoms with E-state index >= 15 is 0 Å². The van der Waals surface area contributed by atoms with Gasteiger partial charge in [0.15, 0.2) is 0 Å². The number of anilines is 2. The van der Waals surface area contributed by atoms with Crippen LogP contribution < -0.4 is 16.8 Å². The van der Waals surface area contributed by atoms with Crippen molar-refractivity contribution in [3.05, 3.63) is 95.6 Å². The zero-order valence-electron chi connectivity index (χ0n) is 14.4. The van der Waals surface area contributed by atoms with Crippen LogP contribution in [0.1, 0.15) is 29.0 Å². The van der Waals surface area contributed by atoms with E-state index < -0.39 is 0 Å². The van der Waals surface area contributed by atoms with E-state index in [0.29, 0.717) is 5.92 Å². The Kier molecular flexibility index (Phi) is 5.70. The predicted molar refractivity (Wildman–Crippen MR) is 106 cm³/mol. The van der Waals surface area contributed by atoms with E-state index in [2.05, 4.69) is 53.8 Å². The van der Waals surface area contributed by atoms with Crippen LogP contribution in [-0.2, 0) is 6.54 Å². The summed E-state index contributed by atoms with van der Waals surface area (Å²) in [7, 11) is 0. The summed E-state index contributed by atoms with van der Waals surface area (Å²) in [4.78, 5) is 0. The Bertz CT molecular complexity index is 719. The molecule has 25 heavy (non-hydrogen) atoms. The molecule has 3 aromatic carbocycles. The number of nitrogen functional groups attached to an aromatic ring is 2. The summed E-state index contributed by atoms with van der Waals surface area (Å²) in [6.07, 6.45) is 1.01. The molecule has 0 fully saturated rings. The Morgan fingerprint density at radius 1 is 0.680 bits per heavy atom. The Hall–Kier alpha value is -2.78. The van der Waals surface area contributed by atoms with Gasteiger partial charge in [-0.2, -0.15) is 0 Å². The Morgan fingerprint density at radius 2 is 1.20 bits per heavy atom. The second-order valence-corrected chi connectivity index (χ2v) is 6.34. The molecule has 128 valence electrons. The number of hydrogen-bond acceptors (Lipinski definition) is 3. The van der Waals surface area contributed by atoms with E-state index in [1.165, 1.54) is 16.7 Å². The van der Waals surface area contributed by atoms with Gasteiger partial charge in [0.2, 0.25) is 0 Å². The van der Waals surface area contributed by atoms with Gasteiger partial charge in [-0.3, -0.25) is 0 Å². The Balaban J connectivity index is 1.68. The third kappa shape index (κ3) is 4.85. The maximum atomic E-state index is 5.84. The first-order valence-electron chi connectivity index (χ1n) is 8.68. The second kappa shape index (κ2) is 8.36. The van der Waals surface area contributed by atoms with E-state index in [1.54, 1.807) is 0 Å². The molecule has 0 atom stereocenters. The first-order chi connectivity index (χ1) is 12.2. The maximum absolute atomic E-state index is 5.84. The molecule has 0 bridgehead atoms. The van der Waals surface area contributed by atoms with E-state index in [-0.39, 0.29) is 0 Å². The van der Waals surface area contributed by atoms with Gasteiger partial charge in [-0.15, -0.1) is 0 Å². The van der Waals surface area contributed by atoms with Crippen LogP contribution in [0.4, 0.5) is 11.4 Å². The molecule has 0 unspecified atom stereocenters. The van der Waals surface area contributed by atoms with Crippen LogP contribution in [0.3, 0.4) is 0 Å². The van der Waals surface area contributed by atoms with Crippen LogP contribution in [-0.4, -0.2) is 6.54 Å². The lowest BCUT2D eigenvalue weighted by Crippen LogP contribution is -2.17. The molecule has 0 saturated carbocycles. The molecule has 0 amide bonds. The van der Waals surface area contributed by atoms with Crippen molar-refractivity contribution in [3.8, 4) is 0 Å². The van der Waals surface area contributed by atoms with Gasteiger partial charge in [-0.05, 0) is 53.9 Å². The third-order valence-electron chi connectivity index (χ3n) is 4.46. The fourth-order valence-corrected chi connectivity index (χ4v) is 3.06. The zero-order valence-corrected chi connectivity index (χ0v) is 14.4. The number of nitrogens with two attached hydrogens (primary N) is 2. The van der Waals surface area contributed by atoms with Gasteiger partial charge in [0.1, 0.15) is 0 Å². The molecule has 3 heteroatoms. The van der Waals surface area contributed by atoms with Crippen molar-refractivity contribution in [2.75, 3.05) is 18.0 Å². The van der Waals surface area contributed by atoms with Crippen LogP contribution >= 0.6 is 0 Å². The van der Waals surface area contributed by atoms with Gasteiger partial charge in [0, 0.05) is 23.8 Å². The molecule has 5 N–H and O–H groups in total. The largest absolute Gasteiger partial charge is 0.399 e. The smallest absolute Gasteiger partial charge is 0.0314 e. The molecule has 0 radical (unpaired) electrons. The molecular formula is C22H25N3. The van der Waals surface area contributed by atoms with E-state index in [4.69, 9.17) is 11.5 Å². The number of nitrogens with one attached hydrogen (secondary N) is 1. The first kappa shape index (κ1) is 17.1. The summed E-state index contributed by atoms with van der Waals surface area (Å²) in [5.74, 6) is 0.324. The highest BCUT2D eigenvalue weighted by atomic mass is 14.8. The maximum Gasteiger partial charge on any atom is 0.0314 e. The second-order valence-electron chi connectivity index (χ2n) is 6.34. The SMILES string of the molecule is Nc1ccc(C(CCNCc2ccccc2)c2ccc(N)cc2)cc1. The van der Waals surface area contributed by atoms with Crippen molar-refractivity contribution >= 4 is 11.4 Å². The molecule has 0 aliphatic heterocycles. The zero-order chi connectivity index (χ0) is 17.5. The summed E-state index contributed by atoms with van der Waals surface area (Å²) in [5.41, 5.74) is 17.1. The minimum atomic E-state index is 0.324. The molecule has 0 saturated heterocycles. The fraction of sp³-hybridized carbons (Fsp3) is 0.182. The van der Waals surface area contributed by atoms with Gasteiger partial charge in [0.25, 0.3) is 0 Å². The molecule has 0 aromatic heterocycles. The van der Waals surface area contributed by atoms with Crippen molar-refractivity contribution in [3.63, 3.8) is 0 Å². The number of hydrogen-bond donors (Lipinski definition) is 3. The van der Waals surface area contributed by atoms with E-state index in [9.17, 15) is 0 Å². The van der Waals surface area contributed by atoms with Gasteiger partial charge in [-0.1, -0.05) is 54.6 Å².